The fraction of sp³-hybridized carbons (Fsp3) is 1.00. The number of unbranched alkanes of at least 4 members (excludes halogenated alkanes) is 1. The summed E-state index contributed by atoms with van der Waals surface area (Å²) >= 11 is 0. The van der Waals surface area contributed by atoms with Gasteiger partial charge in [-0.25, -0.2) is 0 Å². The molecule has 0 heterocycles. The predicted molar refractivity (Wildman–Crippen MR) is 66.9 cm³/mol. The van der Waals surface area contributed by atoms with Crippen LogP contribution in [0.15, 0.2) is 0 Å². The molecule has 1 aliphatic carbocycles. The molecule has 3 N–H and O–H groups in total. The molecule has 2 nitrogen and oxygen atoms in total. The number of nitrogens with two attached hydrogens (primary N) is 1. The lowest BCUT2D eigenvalue weighted by Gasteiger charge is -2.10. The molecule has 0 aromatic carbocycles. The van der Waals surface area contributed by atoms with Gasteiger partial charge in [-0.2, -0.15) is 0 Å². The summed E-state index contributed by atoms with van der Waals surface area (Å²) in [5.74, 6) is 1.71. The van der Waals surface area contributed by atoms with E-state index in [0.717, 1.165) is 24.8 Å². The Morgan fingerprint density at radius 1 is 1.13 bits per heavy atom. The Morgan fingerprint density at radius 3 is 2.47 bits per heavy atom. The molecule has 0 radical (unpaired) electrons. The molecule has 1 saturated carbocycles. The summed E-state index contributed by atoms with van der Waals surface area (Å²) in [4.78, 5) is 0. The molecule has 0 saturated heterocycles. The van der Waals surface area contributed by atoms with E-state index in [4.69, 9.17) is 5.73 Å². The summed E-state index contributed by atoms with van der Waals surface area (Å²) in [5.41, 5.74) is 6.02. The van der Waals surface area contributed by atoms with Gasteiger partial charge in [0.1, 0.15) is 0 Å². The van der Waals surface area contributed by atoms with Crippen LogP contribution in [0.3, 0.4) is 0 Å². The second kappa shape index (κ2) is 7.24. The molecule has 15 heavy (non-hydrogen) atoms. The van der Waals surface area contributed by atoms with Crippen molar-refractivity contribution in [3.63, 3.8) is 0 Å². The Labute approximate surface area is 95.0 Å². The van der Waals surface area contributed by atoms with E-state index < -0.39 is 0 Å². The Balaban J connectivity index is 1.76. The Kier molecular flexibility index (Phi) is 6.26. The van der Waals surface area contributed by atoms with Crippen LogP contribution in [0.25, 0.3) is 0 Å². The van der Waals surface area contributed by atoms with Crippen molar-refractivity contribution in [1.82, 2.24) is 5.32 Å². The van der Waals surface area contributed by atoms with Crippen LogP contribution >= 0.6 is 0 Å². The molecule has 1 aliphatic rings. The van der Waals surface area contributed by atoms with Gasteiger partial charge < -0.3 is 11.1 Å². The van der Waals surface area contributed by atoms with E-state index in [1.165, 1.54) is 38.6 Å². The first-order valence-electron chi connectivity index (χ1n) is 6.66. The van der Waals surface area contributed by atoms with Crippen molar-refractivity contribution in [1.29, 1.82) is 0 Å². The lowest BCUT2D eigenvalue weighted by molar-refractivity contribution is 0.492. The molecule has 0 aliphatic heterocycles. The highest BCUT2D eigenvalue weighted by molar-refractivity contribution is 4.84. The Morgan fingerprint density at radius 2 is 1.87 bits per heavy atom. The van der Waals surface area contributed by atoms with Gasteiger partial charge in [0.15, 0.2) is 0 Å². The zero-order valence-corrected chi connectivity index (χ0v) is 10.5. The van der Waals surface area contributed by atoms with Crippen LogP contribution in [-0.4, -0.2) is 19.1 Å². The SMILES string of the molecule is CC(C)CCCCNCCC(N)C1CC1. The third kappa shape index (κ3) is 6.91. The van der Waals surface area contributed by atoms with Crippen molar-refractivity contribution in [3.05, 3.63) is 0 Å². The molecule has 0 amide bonds. The molecule has 90 valence electrons. The van der Waals surface area contributed by atoms with E-state index in [2.05, 4.69) is 19.2 Å². The highest BCUT2D eigenvalue weighted by atomic mass is 14.9. The van der Waals surface area contributed by atoms with Gasteiger partial charge in [0, 0.05) is 6.04 Å². The van der Waals surface area contributed by atoms with Crippen molar-refractivity contribution < 1.29 is 0 Å². The Hall–Kier alpha value is -0.0800. The number of hydrogen-bond donors (Lipinski definition) is 2. The summed E-state index contributed by atoms with van der Waals surface area (Å²) in [6, 6.07) is 0.466. The van der Waals surface area contributed by atoms with Gasteiger partial charge in [0.05, 0.1) is 0 Å². The quantitative estimate of drug-likeness (QED) is 0.576. The first-order chi connectivity index (χ1) is 7.20. The fourth-order valence-electron chi connectivity index (χ4n) is 1.96. The summed E-state index contributed by atoms with van der Waals surface area (Å²) in [6.45, 7) is 6.87. The third-order valence-corrected chi connectivity index (χ3v) is 3.27. The van der Waals surface area contributed by atoms with Crippen LogP contribution in [0.5, 0.6) is 0 Å². The molecule has 1 rings (SSSR count). The van der Waals surface area contributed by atoms with Crippen LogP contribution in [0.1, 0.15) is 52.4 Å². The summed E-state index contributed by atoms with van der Waals surface area (Å²) in [6.07, 6.45) is 7.94. The lowest BCUT2D eigenvalue weighted by Crippen LogP contribution is -2.28. The number of rotatable bonds is 9. The van der Waals surface area contributed by atoms with Crippen molar-refractivity contribution in [2.24, 2.45) is 17.6 Å². The molecule has 0 bridgehead atoms. The minimum atomic E-state index is 0.466. The zero-order valence-electron chi connectivity index (χ0n) is 10.5. The van der Waals surface area contributed by atoms with Crippen LogP contribution < -0.4 is 11.1 Å². The molecule has 2 heteroatoms. The average molecular weight is 212 g/mol. The fourth-order valence-corrected chi connectivity index (χ4v) is 1.96. The van der Waals surface area contributed by atoms with Gasteiger partial charge in [-0.3, -0.25) is 0 Å². The second-order valence-electron chi connectivity index (χ2n) is 5.43. The highest BCUT2D eigenvalue weighted by Crippen LogP contribution is 2.32. The van der Waals surface area contributed by atoms with Crippen molar-refractivity contribution >= 4 is 0 Å². The highest BCUT2D eigenvalue weighted by Gasteiger charge is 2.27. The smallest absolute Gasteiger partial charge is 0.00792 e. The largest absolute Gasteiger partial charge is 0.327 e. The molecular formula is C13H28N2. The number of hydrogen-bond acceptors (Lipinski definition) is 2. The van der Waals surface area contributed by atoms with Gasteiger partial charge in [-0.15, -0.1) is 0 Å². The number of nitrogens with one attached hydrogen (secondary N) is 1. The minimum Gasteiger partial charge on any atom is -0.327 e. The molecule has 0 aromatic heterocycles. The van der Waals surface area contributed by atoms with Crippen LogP contribution in [0.2, 0.25) is 0 Å². The average Bonchev–Trinajstić information content (AvgIpc) is 2.98. The van der Waals surface area contributed by atoms with Crippen LogP contribution in [0, 0.1) is 11.8 Å². The molecule has 0 aromatic rings. The minimum absolute atomic E-state index is 0.466. The van der Waals surface area contributed by atoms with Crippen LogP contribution in [-0.2, 0) is 0 Å². The maximum absolute atomic E-state index is 6.02. The first kappa shape index (κ1) is 13.0. The van der Waals surface area contributed by atoms with E-state index in [-0.39, 0.29) is 0 Å². The molecule has 1 unspecified atom stereocenters. The van der Waals surface area contributed by atoms with E-state index in [0.29, 0.717) is 6.04 Å². The van der Waals surface area contributed by atoms with Gasteiger partial charge in [0.2, 0.25) is 0 Å². The van der Waals surface area contributed by atoms with Gasteiger partial charge in [-0.05, 0) is 50.6 Å². The van der Waals surface area contributed by atoms with Crippen LogP contribution in [0.4, 0.5) is 0 Å². The lowest BCUT2D eigenvalue weighted by atomic mass is 10.1. The standard InChI is InChI=1S/C13H28N2/c1-11(2)5-3-4-9-15-10-8-13(14)12-6-7-12/h11-13,15H,3-10,14H2,1-2H3. The summed E-state index contributed by atoms with van der Waals surface area (Å²) < 4.78 is 0. The first-order valence-corrected chi connectivity index (χ1v) is 6.66. The Bertz CT molecular complexity index is 153. The van der Waals surface area contributed by atoms with Crippen molar-refractivity contribution in [3.8, 4) is 0 Å². The molecule has 0 spiro atoms. The maximum atomic E-state index is 6.02. The van der Waals surface area contributed by atoms with E-state index in [1.54, 1.807) is 0 Å². The van der Waals surface area contributed by atoms with E-state index in [9.17, 15) is 0 Å². The zero-order chi connectivity index (χ0) is 11.1. The monoisotopic (exact) mass is 212 g/mol. The van der Waals surface area contributed by atoms with Gasteiger partial charge >= 0.3 is 0 Å². The maximum Gasteiger partial charge on any atom is 0.00792 e. The molecule has 1 fully saturated rings. The van der Waals surface area contributed by atoms with Crippen molar-refractivity contribution in [2.45, 2.75) is 58.4 Å². The van der Waals surface area contributed by atoms with Gasteiger partial charge in [0.25, 0.3) is 0 Å². The van der Waals surface area contributed by atoms with E-state index in [1.807, 2.05) is 0 Å². The summed E-state index contributed by atoms with van der Waals surface area (Å²) in [7, 11) is 0. The summed E-state index contributed by atoms with van der Waals surface area (Å²) in [5, 5.41) is 3.49. The predicted octanol–water partition coefficient (Wildman–Crippen LogP) is 2.53. The van der Waals surface area contributed by atoms with Gasteiger partial charge in [-0.1, -0.05) is 26.7 Å². The second-order valence-corrected chi connectivity index (χ2v) is 5.43. The molecular weight excluding hydrogens is 184 g/mol. The third-order valence-electron chi connectivity index (χ3n) is 3.27. The topological polar surface area (TPSA) is 38.0 Å². The normalized spacial score (nSPS) is 18.4. The van der Waals surface area contributed by atoms with Crippen molar-refractivity contribution in [2.75, 3.05) is 13.1 Å². The molecule has 1 atom stereocenters. The van der Waals surface area contributed by atoms with E-state index >= 15 is 0 Å².